The SMILES string of the molecule is CCCCCCCCCCCCCCCCCC(=O)C(O)(C(=O)CCCCCCCCCCCCCCCCC)[C@@H](O)CO. The lowest BCUT2D eigenvalue weighted by molar-refractivity contribution is -0.166. The lowest BCUT2D eigenvalue weighted by Gasteiger charge is -2.29. The quantitative estimate of drug-likeness (QED) is 0.0476. The molecule has 0 saturated heterocycles. The predicted octanol–water partition coefficient (Wildman–Crippen LogP) is 10.7. The van der Waals surface area contributed by atoms with Crippen LogP contribution in [0.15, 0.2) is 0 Å². The van der Waals surface area contributed by atoms with Crippen molar-refractivity contribution in [3.63, 3.8) is 0 Å². The highest BCUT2D eigenvalue weighted by atomic mass is 16.4. The van der Waals surface area contributed by atoms with Crippen LogP contribution < -0.4 is 0 Å². The zero-order chi connectivity index (χ0) is 32.6. The third-order valence-corrected chi connectivity index (χ3v) is 9.52. The van der Waals surface area contributed by atoms with E-state index in [1.54, 1.807) is 0 Å². The van der Waals surface area contributed by atoms with Gasteiger partial charge in [0.25, 0.3) is 0 Å². The van der Waals surface area contributed by atoms with Crippen LogP contribution in [0.4, 0.5) is 0 Å². The monoisotopic (exact) mass is 625 g/mol. The van der Waals surface area contributed by atoms with E-state index >= 15 is 0 Å². The number of aliphatic hydroxyl groups is 3. The van der Waals surface area contributed by atoms with E-state index in [1.165, 1.54) is 141 Å². The van der Waals surface area contributed by atoms with Crippen LogP contribution in [-0.2, 0) is 9.59 Å². The summed E-state index contributed by atoms with van der Waals surface area (Å²) in [6.07, 6.45) is 35.1. The van der Waals surface area contributed by atoms with Crippen molar-refractivity contribution >= 4 is 11.6 Å². The van der Waals surface area contributed by atoms with Gasteiger partial charge in [0.05, 0.1) is 6.61 Å². The molecule has 44 heavy (non-hydrogen) atoms. The van der Waals surface area contributed by atoms with Crippen molar-refractivity contribution in [2.24, 2.45) is 0 Å². The molecule has 0 spiro atoms. The van der Waals surface area contributed by atoms with E-state index in [9.17, 15) is 24.9 Å². The van der Waals surface area contributed by atoms with Crippen LogP contribution in [0.3, 0.4) is 0 Å². The molecule has 0 aromatic rings. The molecule has 262 valence electrons. The van der Waals surface area contributed by atoms with Gasteiger partial charge in [0, 0.05) is 12.8 Å². The lowest BCUT2D eigenvalue weighted by Crippen LogP contribution is -2.57. The minimum atomic E-state index is -2.47. The molecule has 0 aliphatic carbocycles. The molecule has 0 fully saturated rings. The van der Waals surface area contributed by atoms with Crippen molar-refractivity contribution < 1.29 is 24.9 Å². The van der Waals surface area contributed by atoms with Crippen LogP contribution >= 0.6 is 0 Å². The van der Waals surface area contributed by atoms with Gasteiger partial charge in [-0.25, -0.2) is 0 Å². The summed E-state index contributed by atoms with van der Waals surface area (Å²) in [6, 6.07) is 0. The molecule has 0 rings (SSSR count). The summed E-state index contributed by atoms with van der Waals surface area (Å²) in [5, 5.41) is 30.6. The average Bonchev–Trinajstić information content (AvgIpc) is 3.03. The second kappa shape index (κ2) is 32.2. The minimum Gasteiger partial charge on any atom is -0.394 e. The third kappa shape index (κ3) is 23.5. The van der Waals surface area contributed by atoms with E-state index in [2.05, 4.69) is 13.8 Å². The summed E-state index contributed by atoms with van der Waals surface area (Å²) >= 11 is 0. The first-order chi connectivity index (χ1) is 21.4. The highest BCUT2D eigenvalue weighted by Crippen LogP contribution is 2.22. The van der Waals surface area contributed by atoms with Gasteiger partial charge in [-0.2, -0.15) is 0 Å². The van der Waals surface area contributed by atoms with Crippen LogP contribution in [0.25, 0.3) is 0 Å². The molecule has 0 aromatic heterocycles. The van der Waals surface area contributed by atoms with Crippen molar-refractivity contribution in [2.75, 3.05) is 6.61 Å². The lowest BCUT2D eigenvalue weighted by atomic mass is 9.82. The Bertz CT molecular complexity index is 588. The highest BCUT2D eigenvalue weighted by Gasteiger charge is 2.48. The number of aliphatic hydroxyl groups excluding tert-OH is 2. The van der Waals surface area contributed by atoms with Gasteiger partial charge in [-0.3, -0.25) is 9.59 Å². The van der Waals surface area contributed by atoms with Crippen LogP contribution in [0.5, 0.6) is 0 Å². The van der Waals surface area contributed by atoms with Gasteiger partial charge in [0.2, 0.25) is 5.60 Å². The van der Waals surface area contributed by atoms with E-state index < -0.39 is 29.9 Å². The summed E-state index contributed by atoms with van der Waals surface area (Å²) < 4.78 is 0. The molecule has 0 unspecified atom stereocenters. The molecule has 5 nitrogen and oxygen atoms in total. The largest absolute Gasteiger partial charge is 0.394 e. The summed E-state index contributed by atoms with van der Waals surface area (Å²) in [4.78, 5) is 25.7. The Morgan fingerprint density at radius 3 is 0.841 bits per heavy atom. The van der Waals surface area contributed by atoms with Gasteiger partial charge in [-0.05, 0) is 12.8 Å². The molecule has 0 aromatic carbocycles. The van der Waals surface area contributed by atoms with Crippen LogP contribution in [-0.4, -0.2) is 45.2 Å². The summed E-state index contributed by atoms with van der Waals surface area (Å²) in [7, 11) is 0. The number of rotatable bonds is 36. The maximum absolute atomic E-state index is 12.9. The Morgan fingerprint density at radius 2 is 0.636 bits per heavy atom. The zero-order valence-electron chi connectivity index (χ0n) is 29.6. The average molecular weight is 625 g/mol. The van der Waals surface area contributed by atoms with Gasteiger partial charge >= 0.3 is 0 Å². The second-order valence-electron chi connectivity index (χ2n) is 13.7. The molecule has 0 saturated carbocycles. The molecular formula is C39H76O5. The smallest absolute Gasteiger partial charge is 0.209 e. The number of hydrogen-bond donors (Lipinski definition) is 3. The van der Waals surface area contributed by atoms with Gasteiger partial charge in [0.15, 0.2) is 11.6 Å². The molecule has 0 radical (unpaired) electrons. The molecule has 0 amide bonds. The predicted molar refractivity (Wildman–Crippen MR) is 187 cm³/mol. The standard InChI is InChI=1S/C39H76O5/c1-3-5-7-9-11-13-15-17-19-21-23-25-27-29-31-33-36(41)39(44,38(43)35-40)37(42)34-32-30-28-26-24-22-20-18-16-14-12-10-8-6-4-2/h38,40,43-44H,3-35H2,1-2H3/t38-/m0/s1. The Kier molecular flexibility index (Phi) is 31.6. The van der Waals surface area contributed by atoms with Gasteiger partial charge in [-0.15, -0.1) is 0 Å². The van der Waals surface area contributed by atoms with Crippen molar-refractivity contribution in [2.45, 2.75) is 231 Å². The summed E-state index contributed by atoms with van der Waals surface area (Å²) in [6.45, 7) is 3.72. The maximum Gasteiger partial charge on any atom is 0.209 e. The highest BCUT2D eigenvalue weighted by molar-refractivity contribution is 6.10. The molecule has 0 aliphatic heterocycles. The number of hydrogen-bond acceptors (Lipinski definition) is 5. The molecule has 1 atom stereocenters. The molecule has 3 N–H and O–H groups in total. The number of ketones is 2. The third-order valence-electron chi connectivity index (χ3n) is 9.52. The van der Waals surface area contributed by atoms with E-state index in [0.29, 0.717) is 12.8 Å². The first-order valence-electron chi connectivity index (χ1n) is 19.5. The van der Waals surface area contributed by atoms with E-state index in [4.69, 9.17) is 0 Å². The van der Waals surface area contributed by atoms with Crippen molar-refractivity contribution in [1.82, 2.24) is 0 Å². The topological polar surface area (TPSA) is 94.8 Å². The fourth-order valence-electron chi connectivity index (χ4n) is 6.35. The minimum absolute atomic E-state index is 0.0659. The summed E-state index contributed by atoms with van der Waals surface area (Å²) in [5.41, 5.74) is -2.47. The van der Waals surface area contributed by atoms with E-state index in [0.717, 1.165) is 38.5 Å². The molecule has 5 heteroatoms. The van der Waals surface area contributed by atoms with Crippen LogP contribution in [0.1, 0.15) is 219 Å². The number of Topliss-reactive ketones (excluding diaryl/α,β-unsaturated/α-hetero) is 2. The van der Waals surface area contributed by atoms with E-state index in [1.807, 2.05) is 0 Å². The van der Waals surface area contributed by atoms with E-state index in [-0.39, 0.29) is 12.8 Å². The van der Waals surface area contributed by atoms with Crippen molar-refractivity contribution in [3.05, 3.63) is 0 Å². The van der Waals surface area contributed by atoms with Crippen LogP contribution in [0.2, 0.25) is 0 Å². The number of unbranched alkanes of at least 4 members (excludes halogenated alkanes) is 28. The Balaban J connectivity index is 3.91. The zero-order valence-corrected chi connectivity index (χ0v) is 29.6. The normalized spacial score (nSPS) is 12.6. The Morgan fingerprint density at radius 1 is 0.432 bits per heavy atom. The first kappa shape index (κ1) is 43.2. The van der Waals surface area contributed by atoms with Gasteiger partial charge in [0.1, 0.15) is 6.10 Å². The Hall–Kier alpha value is -0.780. The first-order valence-corrected chi connectivity index (χ1v) is 19.5. The molecule has 0 heterocycles. The second-order valence-corrected chi connectivity index (χ2v) is 13.7. The fourth-order valence-corrected chi connectivity index (χ4v) is 6.35. The van der Waals surface area contributed by atoms with Gasteiger partial charge in [-0.1, -0.05) is 194 Å². The number of carbonyl (C=O) groups is 2. The van der Waals surface area contributed by atoms with Crippen molar-refractivity contribution in [1.29, 1.82) is 0 Å². The molecule has 0 bridgehead atoms. The van der Waals surface area contributed by atoms with Crippen molar-refractivity contribution in [3.8, 4) is 0 Å². The maximum atomic E-state index is 12.9. The summed E-state index contributed by atoms with van der Waals surface area (Å²) in [5.74, 6) is -1.28. The van der Waals surface area contributed by atoms with Crippen LogP contribution in [0, 0.1) is 0 Å². The fraction of sp³-hybridized carbons (Fsp3) is 0.949. The Labute approximate surface area is 273 Å². The van der Waals surface area contributed by atoms with Gasteiger partial charge < -0.3 is 15.3 Å². The molecule has 0 aliphatic rings. The molecular weight excluding hydrogens is 548 g/mol. The number of carbonyl (C=O) groups excluding carboxylic acids is 2.